The predicted octanol–water partition coefficient (Wildman–Crippen LogP) is 5.63. The van der Waals surface area contributed by atoms with Gasteiger partial charge >= 0.3 is 0 Å². The van der Waals surface area contributed by atoms with Crippen molar-refractivity contribution in [2.75, 3.05) is 5.32 Å². The molecule has 1 aliphatic carbocycles. The Morgan fingerprint density at radius 1 is 1.14 bits per heavy atom. The van der Waals surface area contributed by atoms with E-state index in [0.29, 0.717) is 17.6 Å². The molecule has 0 saturated carbocycles. The number of hydrogen-bond acceptors (Lipinski definition) is 2. The van der Waals surface area contributed by atoms with Gasteiger partial charge in [0.25, 0.3) is 0 Å². The standard InChI is InChI=1S/C18H15BrClNO/c19-14-8-9-15(22)18-16(14)12-2-1-3-13(12)17(21-18)10-4-6-11(20)7-5-10/h1-2,4-9,12-13,17,21-22H,3H2/t12-,13-,17+/m0/s1. The normalized spacial score (nSPS) is 25.5. The van der Waals surface area contributed by atoms with Crippen LogP contribution >= 0.6 is 27.5 Å². The van der Waals surface area contributed by atoms with Crippen LogP contribution in [0.15, 0.2) is 53.0 Å². The summed E-state index contributed by atoms with van der Waals surface area (Å²) in [6.07, 6.45) is 5.54. The number of fused-ring (bicyclic) bond motifs is 3. The van der Waals surface area contributed by atoms with Crippen molar-refractivity contribution in [2.24, 2.45) is 5.92 Å². The van der Waals surface area contributed by atoms with Crippen LogP contribution in [-0.2, 0) is 0 Å². The van der Waals surface area contributed by atoms with E-state index in [1.807, 2.05) is 18.2 Å². The Balaban J connectivity index is 1.84. The van der Waals surface area contributed by atoms with Gasteiger partial charge in [0.15, 0.2) is 0 Å². The lowest BCUT2D eigenvalue weighted by Gasteiger charge is -2.38. The minimum Gasteiger partial charge on any atom is -0.506 e. The van der Waals surface area contributed by atoms with Crippen LogP contribution in [0.3, 0.4) is 0 Å². The second-order valence-electron chi connectivity index (χ2n) is 5.88. The summed E-state index contributed by atoms with van der Waals surface area (Å²) in [4.78, 5) is 0. The summed E-state index contributed by atoms with van der Waals surface area (Å²) in [5.74, 6) is 1.07. The number of benzene rings is 2. The first-order chi connectivity index (χ1) is 10.6. The SMILES string of the molecule is Oc1ccc(Br)c2c1N[C@H](c1ccc(Cl)cc1)[C@H]1CC=C[C@H]21. The molecule has 22 heavy (non-hydrogen) atoms. The van der Waals surface area contributed by atoms with Gasteiger partial charge in [-0.3, -0.25) is 0 Å². The molecule has 0 saturated heterocycles. The number of phenols is 1. The van der Waals surface area contributed by atoms with Crippen LogP contribution in [0, 0.1) is 5.92 Å². The molecule has 4 rings (SSSR count). The highest BCUT2D eigenvalue weighted by Crippen LogP contribution is 2.54. The maximum atomic E-state index is 10.3. The van der Waals surface area contributed by atoms with Crippen LogP contribution in [0.4, 0.5) is 5.69 Å². The first-order valence-corrected chi connectivity index (χ1v) is 8.52. The third-order valence-electron chi connectivity index (χ3n) is 4.67. The van der Waals surface area contributed by atoms with Crippen LogP contribution in [-0.4, -0.2) is 5.11 Å². The third-order valence-corrected chi connectivity index (χ3v) is 5.62. The van der Waals surface area contributed by atoms with Crippen molar-refractivity contribution in [1.82, 2.24) is 0 Å². The van der Waals surface area contributed by atoms with Gasteiger partial charge in [-0.25, -0.2) is 0 Å². The molecule has 4 heteroatoms. The molecule has 2 nitrogen and oxygen atoms in total. The highest BCUT2D eigenvalue weighted by molar-refractivity contribution is 9.10. The Morgan fingerprint density at radius 2 is 1.91 bits per heavy atom. The molecule has 3 atom stereocenters. The quantitative estimate of drug-likeness (QED) is 0.499. The molecule has 1 aliphatic heterocycles. The van der Waals surface area contributed by atoms with Crippen LogP contribution in [0.25, 0.3) is 0 Å². The van der Waals surface area contributed by atoms with E-state index in [0.717, 1.165) is 27.2 Å². The van der Waals surface area contributed by atoms with Crippen molar-refractivity contribution in [3.63, 3.8) is 0 Å². The van der Waals surface area contributed by atoms with Gasteiger partial charge in [0, 0.05) is 21.0 Å². The zero-order valence-electron chi connectivity index (χ0n) is 11.8. The van der Waals surface area contributed by atoms with E-state index in [1.165, 1.54) is 5.56 Å². The number of aromatic hydroxyl groups is 1. The molecule has 0 fully saturated rings. The Kier molecular flexibility index (Phi) is 3.43. The van der Waals surface area contributed by atoms with E-state index in [4.69, 9.17) is 11.6 Å². The zero-order valence-corrected chi connectivity index (χ0v) is 14.1. The molecule has 0 aromatic heterocycles. The minimum atomic E-state index is 0.171. The maximum absolute atomic E-state index is 10.3. The van der Waals surface area contributed by atoms with Crippen LogP contribution in [0.5, 0.6) is 5.75 Å². The number of hydrogen-bond donors (Lipinski definition) is 2. The Morgan fingerprint density at radius 3 is 2.68 bits per heavy atom. The fourth-order valence-corrected chi connectivity index (χ4v) is 4.37. The summed E-state index contributed by atoms with van der Waals surface area (Å²) in [5, 5.41) is 14.6. The summed E-state index contributed by atoms with van der Waals surface area (Å²) in [6, 6.07) is 11.8. The number of rotatable bonds is 1. The summed E-state index contributed by atoms with van der Waals surface area (Å²) in [5.41, 5.74) is 3.19. The number of allylic oxidation sites excluding steroid dienone is 2. The van der Waals surface area contributed by atoms with Crippen LogP contribution in [0.2, 0.25) is 5.02 Å². The van der Waals surface area contributed by atoms with Gasteiger partial charge in [-0.1, -0.05) is 51.8 Å². The topological polar surface area (TPSA) is 32.3 Å². The van der Waals surface area contributed by atoms with Gasteiger partial charge in [0.1, 0.15) is 5.75 Å². The second-order valence-corrected chi connectivity index (χ2v) is 7.17. The third kappa shape index (κ3) is 2.15. The lowest BCUT2D eigenvalue weighted by atomic mass is 9.77. The molecule has 2 N–H and O–H groups in total. The molecule has 2 aliphatic rings. The molecule has 0 radical (unpaired) electrons. The Bertz CT molecular complexity index is 756. The van der Waals surface area contributed by atoms with Crippen molar-refractivity contribution >= 4 is 33.2 Å². The minimum absolute atomic E-state index is 0.171. The largest absolute Gasteiger partial charge is 0.506 e. The summed E-state index contributed by atoms with van der Waals surface area (Å²) >= 11 is 9.65. The highest BCUT2D eigenvalue weighted by Gasteiger charge is 2.39. The Hall–Kier alpha value is -1.45. The first-order valence-electron chi connectivity index (χ1n) is 7.35. The van der Waals surface area contributed by atoms with Gasteiger partial charge in [0.2, 0.25) is 0 Å². The van der Waals surface area contributed by atoms with Crippen molar-refractivity contribution in [1.29, 1.82) is 0 Å². The lowest BCUT2D eigenvalue weighted by Crippen LogP contribution is -2.29. The van der Waals surface area contributed by atoms with E-state index in [9.17, 15) is 5.11 Å². The van der Waals surface area contributed by atoms with E-state index >= 15 is 0 Å². The van der Waals surface area contributed by atoms with Gasteiger partial charge in [-0.05, 0) is 42.2 Å². The number of halogens is 2. The average molecular weight is 377 g/mol. The van der Waals surface area contributed by atoms with E-state index in [2.05, 4.69) is 45.5 Å². The van der Waals surface area contributed by atoms with Crippen LogP contribution < -0.4 is 5.32 Å². The van der Waals surface area contributed by atoms with Gasteiger partial charge in [-0.2, -0.15) is 0 Å². The average Bonchev–Trinajstić information content (AvgIpc) is 3.00. The van der Waals surface area contributed by atoms with Crippen molar-refractivity contribution in [2.45, 2.75) is 18.4 Å². The molecule has 0 unspecified atom stereocenters. The highest BCUT2D eigenvalue weighted by atomic mass is 79.9. The monoisotopic (exact) mass is 375 g/mol. The zero-order chi connectivity index (χ0) is 15.3. The predicted molar refractivity (Wildman–Crippen MR) is 93.6 cm³/mol. The number of nitrogens with one attached hydrogen (secondary N) is 1. The van der Waals surface area contributed by atoms with E-state index in [1.54, 1.807) is 6.07 Å². The molecular weight excluding hydrogens is 362 g/mol. The molecule has 2 aromatic rings. The summed E-state index contributed by atoms with van der Waals surface area (Å²) in [6.45, 7) is 0. The number of anilines is 1. The van der Waals surface area contributed by atoms with Crippen molar-refractivity contribution in [3.05, 3.63) is 69.2 Å². The van der Waals surface area contributed by atoms with Gasteiger partial charge < -0.3 is 10.4 Å². The fraction of sp³-hybridized carbons (Fsp3) is 0.222. The fourth-order valence-electron chi connectivity index (χ4n) is 3.65. The molecular formula is C18H15BrClNO. The smallest absolute Gasteiger partial charge is 0.139 e. The second kappa shape index (κ2) is 5.32. The molecule has 0 spiro atoms. The van der Waals surface area contributed by atoms with E-state index in [-0.39, 0.29) is 6.04 Å². The van der Waals surface area contributed by atoms with Crippen molar-refractivity contribution in [3.8, 4) is 5.75 Å². The summed E-state index contributed by atoms with van der Waals surface area (Å²) < 4.78 is 1.05. The molecule has 2 aromatic carbocycles. The molecule has 1 heterocycles. The van der Waals surface area contributed by atoms with Crippen LogP contribution in [0.1, 0.15) is 29.5 Å². The van der Waals surface area contributed by atoms with Gasteiger partial charge in [-0.15, -0.1) is 0 Å². The molecule has 0 amide bonds. The maximum Gasteiger partial charge on any atom is 0.139 e. The lowest BCUT2D eigenvalue weighted by molar-refractivity contribution is 0.414. The van der Waals surface area contributed by atoms with E-state index < -0.39 is 0 Å². The van der Waals surface area contributed by atoms with Gasteiger partial charge in [0.05, 0.1) is 11.7 Å². The Labute approximate surface area is 142 Å². The molecule has 112 valence electrons. The molecule has 0 bridgehead atoms. The first kappa shape index (κ1) is 14.2. The number of phenolic OH excluding ortho intramolecular Hbond substituents is 1. The van der Waals surface area contributed by atoms with Crippen molar-refractivity contribution < 1.29 is 5.11 Å². The summed E-state index contributed by atoms with van der Waals surface area (Å²) in [7, 11) is 0.